The highest BCUT2D eigenvalue weighted by Crippen LogP contribution is 2.33. The number of alkyl halides is 5. The van der Waals surface area contributed by atoms with Gasteiger partial charge in [0.05, 0.1) is 18.2 Å². The molecule has 0 aliphatic heterocycles. The first-order valence-electron chi connectivity index (χ1n) is 11.5. The molecule has 0 saturated carbocycles. The van der Waals surface area contributed by atoms with Crippen molar-refractivity contribution < 1.29 is 31.5 Å². The zero-order valence-corrected chi connectivity index (χ0v) is 22.2. The van der Waals surface area contributed by atoms with E-state index in [1.807, 2.05) is 6.07 Å². The van der Waals surface area contributed by atoms with E-state index < -0.39 is 30.2 Å². The molecule has 0 heterocycles. The minimum absolute atomic E-state index is 0.00574. The van der Waals surface area contributed by atoms with Crippen LogP contribution in [0.5, 0.6) is 0 Å². The van der Waals surface area contributed by atoms with Gasteiger partial charge in [0.25, 0.3) is 5.91 Å². The molecule has 14 heteroatoms. The summed E-state index contributed by atoms with van der Waals surface area (Å²) in [6.07, 6.45) is -3.00. The van der Waals surface area contributed by atoms with Gasteiger partial charge in [-0.1, -0.05) is 36.5 Å². The van der Waals surface area contributed by atoms with Gasteiger partial charge in [-0.2, -0.15) is 27.2 Å². The van der Waals surface area contributed by atoms with E-state index in [4.69, 9.17) is 23.2 Å². The van der Waals surface area contributed by atoms with Crippen LogP contribution in [0.1, 0.15) is 40.8 Å². The lowest BCUT2D eigenvalue weighted by Crippen LogP contribution is -2.29. The summed E-state index contributed by atoms with van der Waals surface area (Å²) in [5, 5.41) is 15.8. The summed E-state index contributed by atoms with van der Waals surface area (Å²) in [6, 6.07) is 10.9. The Morgan fingerprint density at radius 2 is 1.90 bits per heavy atom. The van der Waals surface area contributed by atoms with Gasteiger partial charge in [0.2, 0.25) is 6.29 Å². The van der Waals surface area contributed by atoms with Crippen LogP contribution < -0.4 is 21.7 Å². The first kappa shape index (κ1) is 33.8. The summed E-state index contributed by atoms with van der Waals surface area (Å²) in [6.45, 7) is -1.03. The fraction of sp³-hybridized carbons (Fsp3) is 0.269. The van der Waals surface area contributed by atoms with Crippen molar-refractivity contribution in [1.82, 2.24) is 16.0 Å². The normalized spacial score (nSPS) is 12.2. The number of allylic oxidation sites excluding steroid dienone is 1. The van der Waals surface area contributed by atoms with Crippen LogP contribution in [-0.4, -0.2) is 43.5 Å². The maximum atomic E-state index is 13.5. The second kappa shape index (κ2) is 16.7. The summed E-state index contributed by atoms with van der Waals surface area (Å²) in [7, 11) is 1.74. The minimum atomic E-state index is -4.71. The Balaban J connectivity index is 0.00000146. The van der Waals surface area contributed by atoms with E-state index in [0.717, 1.165) is 18.3 Å². The van der Waals surface area contributed by atoms with Crippen LogP contribution in [0.25, 0.3) is 5.57 Å². The number of aliphatic imine (C=N–C) groups is 1. The first-order valence-corrected chi connectivity index (χ1v) is 11.9. The monoisotopic (exact) mass is 582 g/mol. The second-order valence-corrected chi connectivity index (χ2v) is 8.30. The summed E-state index contributed by atoms with van der Waals surface area (Å²) >= 11 is 5.42. The van der Waals surface area contributed by atoms with Crippen LogP contribution in [-0.2, 0) is 22.3 Å². The van der Waals surface area contributed by atoms with E-state index in [2.05, 4.69) is 20.9 Å². The Labute approximate surface area is 233 Å². The Morgan fingerprint density at radius 1 is 1.23 bits per heavy atom. The number of carbonyl (C=O) groups is 2. The lowest BCUT2D eigenvalue weighted by Gasteiger charge is -2.21. The molecule has 0 radical (unpaired) electrons. The zero-order valence-electron chi connectivity index (χ0n) is 21.4. The van der Waals surface area contributed by atoms with Gasteiger partial charge in [0.1, 0.15) is 4.99 Å². The number of nitrogens with one attached hydrogen (secondary N) is 3. The Bertz CT molecular complexity index is 1270. The molecule has 2 aromatic carbocycles. The Morgan fingerprint density at radius 3 is 2.42 bits per heavy atom. The van der Waals surface area contributed by atoms with Gasteiger partial charge in [-0.3, -0.25) is 9.59 Å². The molecule has 0 fully saturated rings. The molecule has 1 unspecified atom stereocenters. The van der Waals surface area contributed by atoms with Crippen LogP contribution in [0.2, 0.25) is 0 Å². The summed E-state index contributed by atoms with van der Waals surface area (Å²) < 4.78 is 65.6. The predicted octanol–water partition coefficient (Wildman–Crippen LogP) is 3.87. The van der Waals surface area contributed by atoms with Crippen LogP contribution in [0.4, 0.5) is 22.0 Å². The number of amides is 1. The number of nitrogens with zero attached hydrogens (tertiary/aromatic N) is 2. The smallest absolute Gasteiger partial charge is 0.404 e. The van der Waals surface area contributed by atoms with Gasteiger partial charge in [-0.25, -0.2) is 4.99 Å². The number of nitriles is 1. The molecular formula is C26H27F5N6O2S. The van der Waals surface area contributed by atoms with E-state index in [0.29, 0.717) is 23.9 Å². The summed E-state index contributed by atoms with van der Waals surface area (Å²) in [4.78, 5) is 24.9. The molecule has 5 N–H and O–H groups in total. The number of hydrogen-bond donors (Lipinski definition) is 4. The van der Waals surface area contributed by atoms with E-state index in [9.17, 15) is 31.5 Å². The Kier molecular flexibility index (Phi) is 14.1. The number of nitrogens with two attached hydrogens (primary N) is 1. The maximum absolute atomic E-state index is 13.5. The van der Waals surface area contributed by atoms with Crippen molar-refractivity contribution in [2.24, 2.45) is 10.7 Å². The standard InChI is InChI=1S/C23H21F5N4O2S.C3H6N2/c1-13(32-21(35)19-5-3-2-4-14(19)10-30-20(34)12-33)15-6-16(8-18(7-15)23(26,27)28)17(9-29)11-31-22(24)25;1-5-3-2-4/h2-9,11-13,22H,10,29H2,1H3,(H,30,34)(H,32,35);5H,3H2,1H3/b17-9+,31-11+;. The molecule has 0 aliphatic rings. The molecule has 0 aliphatic carbocycles. The van der Waals surface area contributed by atoms with Crippen molar-refractivity contribution in [3.05, 3.63) is 76.5 Å². The van der Waals surface area contributed by atoms with Crippen molar-refractivity contribution in [3.63, 3.8) is 0 Å². The number of hydrogen-bond acceptors (Lipinski definition) is 7. The molecule has 1 amide bonds. The topological polar surface area (TPSA) is 132 Å². The van der Waals surface area contributed by atoms with Crippen molar-refractivity contribution in [3.8, 4) is 6.07 Å². The number of carbonyl (C=O) groups excluding carboxylic acids is 2. The molecule has 8 nitrogen and oxygen atoms in total. The fourth-order valence-electron chi connectivity index (χ4n) is 3.14. The third-order valence-electron chi connectivity index (χ3n) is 5.05. The molecule has 2 rings (SSSR count). The molecule has 0 spiro atoms. The van der Waals surface area contributed by atoms with Gasteiger partial charge in [0.15, 0.2) is 0 Å². The van der Waals surface area contributed by atoms with Crippen LogP contribution in [0.3, 0.4) is 0 Å². The van der Waals surface area contributed by atoms with Gasteiger partial charge in [-0.15, -0.1) is 0 Å². The number of thiocarbonyl (C=S) groups is 1. The van der Waals surface area contributed by atoms with Gasteiger partial charge < -0.3 is 21.7 Å². The first-order chi connectivity index (χ1) is 18.9. The van der Waals surface area contributed by atoms with Crippen LogP contribution in [0, 0.1) is 11.3 Å². The number of rotatable bonds is 10. The highest BCUT2D eigenvalue weighted by atomic mass is 32.1. The van der Waals surface area contributed by atoms with Gasteiger partial charge in [0, 0.05) is 36.1 Å². The second-order valence-electron chi connectivity index (χ2n) is 7.90. The predicted molar refractivity (Wildman–Crippen MR) is 145 cm³/mol. The minimum Gasteiger partial charge on any atom is -0.404 e. The van der Waals surface area contributed by atoms with E-state index in [1.165, 1.54) is 6.07 Å². The average Bonchev–Trinajstić information content (AvgIpc) is 2.92. The zero-order chi connectivity index (χ0) is 30.3. The molecule has 0 bridgehead atoms. The fourth-order valence-corrected chi connectivity index (χ4v) is 3.52. The molecular weight excluding hydrogens is 555 g/mol. The van der Waals surface area contributed by atoms with Crippen molar-refractivity contribution in [1.29, 1.82) is 5.26 Å². The third kappa shape index (κ3) is 11.3. The largest absolute Gasteiger partial charge is 0.416 e. The summed E-state index contributed by atoms with van der Waals surface area (Å²) in [5.74, 6) is -0.817. The van der Waals surface area contributed by atoms with Crippen LogP contribution in [0.15, 0.2) is 53.7 Å². The number of benzene rings is 2. The molecule has 0 aromatic heterocycles. The van der Waals surface area contributed by atoms with Crippen molar-refractivity contribution in [2.45, 2.75) is 32.2 Å². The molecule has 214 valence electrons. The van der Waals surface area contributed by atoms with Crippen molar-refractivity contribution in [2.75, 3.05) is 13.6 Å². The van der Waals surface area contributed by atoms with Gasteiger partial charge in [-0.05, 0) is 48.9 Å². The van der Waals surface area contributed by atoms with E-state index >= 15 is 0 Å². The maximum Gasteiger partial charge on any atom is 0.416 e. The third-order valence-corrected chi connectivity index (χ3v) is 5.39. The number of halogens is 5. The highest BCUT2D eigenvalue weighted by Gasteiger charge is 2.32. The lowest BCUT2D eigenvalue weighted by molar-refractivity contribution is -0.137. The van der Waals surface area contributed by atoms with Crippen LogP contribution >= 0.6 is 12.2 Å². The van der Waals surface area contributed by atoms with Gasteiger partial charge >= 0.3 is 12.7 Å². The molecule has 2 aromatic rings. The average molecular weight is 583 g/mol. The van der Waals surface area contributed by atoms with E-state index in [1.54, 1.807) is 38.2 Å². The highest BCUT2D eigenvalue weighted by molar-refractivity contribution is 7.80. The quantitative estimate of drug-likeness (QED) is 0.0636. The lowest BCUT2D eigenvalue weighted by atomic mass is 9.97. The number of aldehydes is 1. The van der Waals surface area contributed by atoms with Crippen molar-refractivity contribution >= 4 is 41.2 Å². The summed E-state index contributed by atoms with van der Waals surface area (Å²) in [5.41, 5.74) is 5.49. The molecule has 0 saturated heterocycles. The Hall–Kier alpha value is -4.22. The molecule has 1 atom stereocenters. The SMILES string of the molecule is CC(NC(=S)c1ccccc1CNC(=O)C=O)c1cc(C(=C/N)/C=N/C(F)F)cc(C(F)(F)F)c1.CNCC#N. The molecule has 40 heavy (non-hydrogen) atoms. The van der Waals surface area contributed by atoms with E-state index in [-0.39, 0.29) is 34.5 Å².